The van der Waals surface area contributed by atoms with Crippen molar-refractivity contribution >= 4 is 23.3 Å². The van der Waals surface area contributed by atoms with Gasteiger partial charge in [-0.1, -0.05) is 13.8 Å². The molecular weight excluding hydrogens is 228 g/mol. The summed E-state index contributed by atoms with van der Waals surface area (Å²) in [5, 5.41) is 11.9. The molecule has 0 radical (unpaired) electrons. The molecule has 0 atom stereocenters. The van der Waals surface area contributed by atoms with E-state index >= 15 is 0 Å². The predicted molar refractivity (Wildman–Crippen MR) is 63.0 cm³/mol. The highest BCUT2D eigenvalue weighted by atomic mass is 32.1. The normalized spacial score (nSPS) is 8.94. The Hall–Kier alpha value is -1.36. The van der Waals surface area contributed by atoms with E-state index in [0.29, 0.717) is 12.2 Å². The van der Waals surface area contributed by atoms with Crippen LogP contribution in [-0.2, 0) is 16.0 Å². The van der Waals surface area contributed by atoms with E-state index < -0.39 is 11.9 Å². The third kappa shape index (κ3) is 4.44. The average molecular weight is 244 g/mol. The highest BCUT2D eigenvalue weighted by Crippen LogP contribution is 2.16. The number of carbonyl (C=O) groups is 2. The van der Waals surface area contributed by atoms with Crippen molar-refractivity contribution in [2.75, 3.05) is 6.61 Å². The monoisotopic (exact) mass is 244 g/mol. The minimum atomic E-state index is -1.01. The van der Waals surface area contributed by atoms with Gasteiger partial charge in [0.1, 0.15) is 0 Å². The fourth-order valence-electron chi connectivity index (χ4n) is 1.02. The average Bonchev–Trinajstić information content (AvgIpc) is 2.69. The summed E-state index contributed by atoms with van der Waals surface area (Å²) in [4.78, 5) is 21.8. The van der Waals surface area contributed by atoms with Gasteiger partial charge in [0.15, 0.2) is 0 Å². The highest BCUT2D eigenvalue weighted by molar-refractivity contribution is 7.08. The fraction of sp³-hybridized carbons (Fsp3) is 0.455. The molecule has 0 aromatic carbocycles. The third-order valence-electron chi connectivity index (χ3n) is 1.61. The lowest BCUT2D eigenvalue weighted by Crippen LogP contribution is -2.09. The van der Waals surface area contributed by atoms with Gasteiger partial charge in [0, 0.05) is 5.38 Å². The van der Waals surface area contributed by atoms with Crippen molar-refractivity contribution < 1.29 is 19.4 Å². The van der Waals surface area contributed by atoms with E-state index in [-0.39, 0.29) is 12.0 Å². The van der Waals surface area contributed by atoms with Crippen LogP contribution in [0.4, 0.5) is 0 Å². The largest absolute Gasteiger partial charge is 0.478 e. The van der Waals surface area contributed by atoms with Gasteiger partial charge in [0.2, 0.25) is 0 Å². The van der Waals surface area contributed by atoms with Gasteiger partial charge in [-0.3, -0.25) is 4.79 Å². The lowest BCUT2D eigenvalue weighted by atomic mass is 10.1. The molecule has 4 nitrogen and oxygen atoms in total. The maximum Gasteiger partial charge on any atom is 0.336 e. The lowest BCUT2D eigenvalue weighted by Gasteiger charge is -2.00. The van der Waals surface area contributed by atoms with Crippen LogP contribution in [0.25, 0.3) is 0 Å². The molecule has 0 spiro atoms. The lowest BCUT2D eigenvalue weighted by molar-refractivity contribution is -0.142. The van der Waals surface area contributed by atoms with E-state index in [1.165, 1.54) is 16.7 Å². The molecule has 16 heavy (non-hydrogen) atoms. The zero-order valence-corrected chi connectivity index (χ0v) is 10.5. The van der Waals surface area contributed by atoms with Gasteiger partial charge in [-0.25, -0.2) is 4.79 Å². The van der Waals surface area contributed by atoms with Crippen LogP contribution in [-0.4, -0.2) is 23.7 Å². The summed E-state index contributed by atoms with van der Waals surface area (Å²) < 4.78 is 4.72. The molecule has 0 saturated heterocycles. The molecule has 90 valence electrons. The first-order chi connectivity index (χ1) is 7.65. The van der Waals surface area contributed by atoms with Gasteiger partial charge in [-0.2, -0.15) is 11.3 Å². The maximum atomic E-state index is 11.1. The summed E-state index contributed by atoms with van der Waals surface area (Å²) >= 11 is 1.27. The number of carboxylic acids is 1. The van der Waals surface area contributed by atoms with E-state index in [0.717, 1.165) is 0 Å². The van der Waals surface area contributed by atoms with Gasteiger partial charge < -0.3 is 9.84 Å². The van der Waals surface area contributed by atoms with Gasteiger partial charge in [0.05, 0.1) is 18.6 Å². The minimum Gasteiger partial charge on any atom is -0.478 e. The van der Waals surface area contributed by atoms with Crippen molar-refractivity contribution in [1.29, 1.82) is 0 Å². The number of hydrogen-bond acceptors (Lipinski definition) is 4. The Balaban J connectivity index is 0.00000106. The van der Waals surface area contributed by atoms with Crippen molar-refractivity contribution in [1.82, 2.24) is 0 Å². The molecule has 0 bridgehead atoms. The first-order valence-corrected chi connectivity index (χ1v) is 6.03. The number of rotatable bonds is 4. The summed E-state index contributed by atoms with van der Waals surface area (Å²) in [7, 11) is 0. The molecule has 0 amide bonds. The molecule has 1 rings (SSSR count). The smallest absolute Gasteiger partial charge is 0.336 e. The molecule has 0 fully saturated rings. The second kappa shape index (κ2) is 7.87. The number of thiophene rings is 1. The Morgan fingerprint density at radius 1 is 1.38 bits per heavy atom. The number of carbonyl (C=O) groups excluding carboxylic acids is 1. The van der Waals surface area contributed by atoms with Gasteiger partial charge in [0.25, 0.3) is 0 Å². The van der Waals surface area contributed by atoms with Crippen molar-refractivity contribution in [3.63, 3.8) is 0 Å². The van der Waals surface area contributed by atoms with Crippen molar-refractivity contribution in [3.8, 4) is 0 Å². The van der Waals surface area contributed by atoms with Crippen molar-refractivity contribution in [3.05, 3.63) is 21.9 Å². The molecule has 0 saturated carbocycles. The number of esters is 1. The van der Waals surface area contributed by atoms with Crippen molar-refractivity contribution in [2.24, 2.45) is 0 Å². The molecule has 1 heterocycles. The molecular formula is C11H16O4S. The van der Waals surface area contributed by atoms with E-state index in [1.54, 1.807) is 12.3 Å². The Bertz CT molecular complexity index is 344. The first-order valence-electron chi connectivity index (χ1n) is 5.09. The zero-order valence-electron chi connectivity index (χ0n) is 9.65. The quantitative estimate of drug-likeness (QED) is 0.827. The first kappa shape index (κ1) is 14.6. The van der Waals surface area contributed by atoms with Crippen LogP contribution in [0.3, 0.4) is 0 Å². The maximum absolute atomic E-state index is 11.1. The second-order valence-electron chi connectivity index (χ2n) is 2.60. The number of ether oxygens (including phenoxy) is 1. The van der Waals surface area contributed by atoms with Crippen LogP contribution in [0.5, 0.6) is 0 Å². The topological polar surface area (TPSA) is 63.6 Å². The van der Waals surface area contributed by atoms with Crippen LogP contribution in [0, 0.1) is 0 Å². The van der Waals surface area contributed by atoms with Gasteiger partial charge in [-0.05, 0) is 17.9 Å². The Morgan fingerprint density at radius 2 is 2.00 bits per heavy atom. The Morgan fingerprint density at radius 3 is 2.50 bits per heavy atom. The fourth-order valence-corrected chi connectivity index (χ4v) is 1.85. The van der Waals surface area contributed by atoms with Gasteiger partial charge in [-0.15, -0.1) is 0 Å². The minimum absolute atomic E-state index is 0.0268. The van der Waals surface area contributed by atoms with E-state index in [9.17, 15) is 9.59 Å². The third-order valence-corrected chi connectivity index (χ3v) is 2.41. The van der Waals surface area contributed by atoms with E-state index in [4.69, 9.17) is 9.84 Å². The molecule has 0 aliphatic heterocycles. The summed E-state index contributed by atoms with van der Waals surface area (Å²) in [6, 6.07) is 0. The SMILES string of the molecule is CC.CCOC(=O)Cc1cscc1C(=O)O. The number of hydrogen-bond donors (Lipinski definition) is 1. The molecule has 0 aliphatic carbocycles. The summed E-state index contributed by atoms with van der Waals surface area (Å²) in [6.45, 7) is 6.02. The van der Waals surface area contributed by atoms with Crippen LogP contribution < -0.4 is 0 Å². The number of carboxylic acid groups (broad SMARTS) is 1. The van der Waals surface area contributed by atoms with Crippen LogP contribution in [0.15, 0.2) is 10.8 Å². The Kier molecular flexibility index (Phi) is 7.20. The second-order valence-corrected chi connectivity index (χ2v) is 3.34. The highest BCUT2D eigenvalue weighted by Gasteiger charge is 2.14. The molecule has 1 aromatic rings. The van der Waals surface area contributed by atoms with Crippen LogP contribution in [0.1, 0.15) is 36.7 Å². The molecule has 0 aliphatic rings. The van der Waals surface area contributed by atoms with E-state index in [2.05, 4.69) is 0 Å². The standard InChI is InChI=1S/C9H10O4S.C2H6/c1-2-13-8(10)3-6-4-14-5-7(6)9(11)12;1-2/h4-5H,2-3H2,1H3,(H,11,12);1-2H3. The van der Waals surface area contributed by atoms with Crippen LogP contribution in [0.2, 0.25) is 0 Å². The van der Waals surface area contributed by atoms with E-state index in [1.807, 2.05) is 13.8 Å². The predicted octanol–water partition coefficient (Wildman–Crippen LogP) is 2.58. The summed E-state index contributed by atoms with van der Waals surface area (Å²) in [6.07, 6.45) is 0.0268. The number of aromatic carboxylic acids is 1. The van der Waals surface area contributed by atoms with Gasteiger partial charge >= 0.3 is 11.9 Å². The molecule has 5 heteroatoms. The van der Waals surface area contributed by atoms with Crippen LogP contribution >= 0.6 is 11.3 Å². The molecule has 1 aromatic heterocycles. The summed E-state index contributed by atoms with van der Waals surface area (Å²) in [5.41, 5.74) is 0.698. The molecule has 0 unspecified atom stereocenters. The van der Waals surface area contributed by atoms with Crippen molar-refractivity contribution in [2.45, 2.75) is 27.2 Å². The zero-order chi connectivity index (χ0) is 12.6. The summed E-state index contributed by atoms with van der Waals surface area (Å²) in [5.74, 6) is -1.40. The Labute approximate surface area is 98.9 Å². The molecule has 1 N–H and O–H groups in total.